The van der Waals surface area contributed by atoms with Crippen LogP contribution in [0.15, 0.2) is 36.4 Å². The molecule has 4 aliphatic rings. The van der Waals surface area contributed by atoms with Gasteiger partial charge in [-0.25, -0.2) is 13.1 Å². The largest absolute Gasteiger partial charge is 0.487 e. The van der Waals surface area contributed by atoms with E-state index < -0.39 is 21.2 Å². The molecular formula is C35H46ClN3O6S. The molecule has 2 aromatic rings. The van der Waals surface area contributed by atoms with E-state index in [9.17, 15) is 18.0 Å². The van der Waals surface area contributed by atoms with Crippen molar-refractivity contribution in [3.05, 3.63) is 58.1 Å². The molecular weight excluding hydrogens is 626 g/mol. The Hall–Kier alpha value is -2.66. The molecule has 0 radical (unpaired) electrons. The average molecular weight is 672 g/mol. The lowest BCUT2D eigenvalue weighted by molar-refractivity contribution is -0.129. The van der Waals surface area contributed by atoms with Gasteiger partial charge in [0.2, 0.25) is 10.0 Å². The smallest absolute Gasteiger partial charge is 0.264 e. The third-order valence-corrected chi connectivity index (χ3v) is 12.8. The normalized spacial score (nSPS) is 29.6. The number of Topliss-reactive ketones (excluding diaryl/α,β-unsaturated/α-hetero) is 1. The zero-order chi connectivity index (χ0) is 32.4. The number of nitrogens with zero attached hydrogens (tertiary/aromatic N) is 2. The summed E-state index contributed by atoms with van der Waals surface area (Å²) in [6.07, 6.45) is 5.51. The van der Waals surface area contributed by atoms with Crippen LogP contribution < -0.4 is 14.4 Å². The van der Waals surface area contributed by atoms with Gasteiger partial charge in [0.05, 0.1) is 24.2 Å². The van der Waals surface area contributed by atoms with Crippen molar-refractivity contribution >= 4 is 39.0 Å². The number of nitrogens with one attached hydrogen (secondary N) is 1. The summed E-state index contributed by atoms with van der Waals surface area (Å²) >= 11 is 6.33. The van der Waals surface area contributed by atoms with Gasteiger partial charge in [0, 0.05) is 55.1 Å². The molecule has 1 saturated heterocycles. The number of morpholine rings is 1. The summed E-state index contributed by atoms with van der Waals surface area (Å²) in [6.45, 7) is 7.94. The third kappa shape index (κ3) is 7.40. The summed E-state index contributed by atoms with van der Waals surface area (Å²) in [6, 6.07) is 11.0. The van der Waals surface area contributed by atoms with Crippen LogP contribution in [0.25, 0.3) is 0 Å². The molecule has 0 spiro atoms. The van der Waals surface area contributed by atoms with Gasteiger partial charge in [-0.3, -0.25) is 14.5 Å². The molecule has 5 atom stereocenters. The lowest BCUT2D eigenvalue weighted by atomic mass is 9.69. The second-order valence-electron chi connectivity index (χ2n) is 13.6. The highest BCUT2D eigenvalue weighted by Gasteiger charge is 2.40. The number of benzene rings is 2. The van der Waals surface area contributed by atoms with Crippen LogP contribution in [-0.2, 0) is 32.6 Å². The fourth-order valence-corrected chi connectivity index (χ4v) is 8.95. The van der Waals surface area contributed by atoms with Crippen LogP contribution in [0.5, 0.6) is 5.75 Å². The zero-order valence-corrected chi connectivity index (χ0v) is 28.5. The number of carbonyl (C=O) groups is 2. The van der Waals surface area contributed by atoms with Crippen molar-refractivity contribution in [1.82, 2.24) is 9.62 Å². The highest BCUT2D eigenvalue weighted by molar-refractivity contribution is 7.90. The minimum absolute atomic E-state index is 0.0339. The first-order chi connectivity index (χ1) is 22.1. The van der Waals surface area contributed by atoms with Gasteiger partial charge in [-0.2, -0.15) is 0 Å². The Kier molecular flexibility index (Phi) is 10.3. The highest BCUT2D eigenvalue weighted by atomic mass is 35.5. The van der Waals surface area contributed by atoms with Gasteiger partial charge in [0.25, 0.3) is 5.91 Å². The monoisotopic (exact) mass is 671 g/mol. The molecule has 3 aliphatic heterocycles. The number of hydrogen-bond donors (Lipinski definition) is 1. The highest BCUT2D eigenvalue weighted by Crippen LogP contribution is 2.41. The number of fused-ring (bicyclic) bond motifs is 3. The quantitative estimate of drug-likeness (QED) is 0.439. The van der Waals surface area contributed by atoms with Gasteiger partial charge in [0.1, 0.15) is 18.1 Å². The number of hydrogen-bond acceptors (Lipinski definition) is 8. The lowest BCUT2D eigenvalue weighted by Gasteiger charge is -2.42. The number of sulfonamides is 1. The number of amides is 1. The Labute approximate surface area is 278 Å². The molecule has 9 nitrogen and oxygen atoms in total. The predicted molar refractivity (Wildman–Crippen MR) is 179 cm³/mol. The van der Waals surface area contributed by atoms with E-state index in [2.05, 4.69) is 14.5 Å². The average Bonchev–Trinajstić information content (AvgIpc) is 3.05. The Morgan fingerprint density at radius 2 is 1.76 bits per heavy atom. The number of rotatable bonds is 1. The molecule has 2 aromatic carbocycles. The third-order valence-electron chi connectivity index (χ3n) is 10.7. The van der Waals surface area contributed by atoms with E-state index in [4.69, 9.17) is 21.1 Å². The topological polar surface area (TPSA) is 105 Å². The molecule has 6 rings (SSSR count). The first-order valence-corrected chi connectivity index (χ1v) is 18.7. The molecule has 2 fully saturated rings. The minimum Gasteiger partial charge on any atom is -0.487 e. The number of aryl methyl sites for hydroxylation is 1. The standard InChI is InChI=1S/C35H46ClN3O6S/c1-23-17-30(38-13-15-44-16-14-38)20-33(40)31-10-7-27(31)21-39-12-4-3-5-25-18-29(36)9-6-28(25)22-45-34-11-8-26(19-32(34)39)35(41)37-46(42,43)24(23)2/h6,8-9,11,18-19,23-24,27,30-31H,3-5,7,10,12-17,20-22H2,1-2H3,(H,37,41)/t23-,24+,27-,30?,31+/m0/s1. The van der Waals surface area contributed by atoms with Crippen LogP contribution in [0.3, 0.4) is 0 Å². The van der Waals surface area contributed by atoms with E-state index in [1.54, 1.807) is 25.1 Å². The molecule has 1 unspecified atom stereocenters. The van der Waals surface area contributed by atoms with Gasteiger partial charge < -0.3 is 14.4 Å². The molecule has 1 saturated carbocycles. The molecule has 1 amide bonds. The fraction of sp³-hybridized carbons (Fsp3) is 0.600. The van der Waals surface area contributed by atoms with Crippen molar-refractivity contribution in [2.45, 2.75) is 76.7 Å². The molecule has 1 aliphatic carbocycles. The Balaban J connectivity index is 1.36. The molecule has 1 N–H and O–H groups in total. The van der Waals surface area contributed by atoms with Crippen molar-refractivity contribution in [1.29, 1.82) is 0 Å². The van der Waals surface area contributed by atoms with E-state index in [0.29, 0.717) is 50.0 Å². The molecule has 250 valence electrons. The van der Waals surface area contributed by atoms with E-state index in [1.165, 1.54) is 0 Å². The van der Waals surface area contributed by atoms with Crippen LogP contribution in [0.2, 0.25) is 5.02 Å². The summed E-state index contributed by atoms with van der Waals surface area (Å²) in [5.41, 5.74) is 3.24. The number of carbonyl (C=O) groups excluding carboxylic acids is 2. The van der Waals surface area contributed by atoms with Crippen LogP contribution in [0.1, 0.15) is 73.9 Å². The Morgan fingerprint density at radius 1 is 0.957 bits per heavy atom. The van der Waals surface area contributed by atoms with Gasteiger partial charge in [-0.1, -0.05) is 24.6 Å². The maximum atomic E-state index is 14.0. The maximum Gasteiger partial charge on any atom is 0.264 e. The summed E-state index contributed by atoms with van der Waals surface area (Å²) in [7, 11) is -4.00. The molecule has 0 aromatic heterocycles. The maximum absolute atomic E-state index is 14.0. The lowest BCUT2D eigenvalue weighted by Crippen LogP contribution is -2.49. The minimum atomic E-state index is -4.00. The second-order valence-corrected chi connectivity index (χ2v) is 16.1. The van der Waals surface area contributed by atoms with Gasteiger partial charge in [-0.05, 0) is 98.7 Å². The summed E-state index contributed by atoms with van der Waals surface area (Å²) in [4.78, 5) is 32.1. The molecule has 3 heterocycles. The molecule has 11 heteroatoms. The van der Waals surface area contributed by atoms with Gasteiger partial charge in [-0.15, -0.1) is 0 Å². The van der Waals surface area contributed by atoms with E-state index in [-0.39, 0.29) is 35.1 Å². The number of ketones is 1. The van der Waals surface area contributed by atoms with Crippen molar-refractivity contribution in [2.75, 3.05) is 44.3 Å². The van der Waals surface area contributed by atoms with E-state index in [0.717, 1.165) is 68.6 Å². The number of ether oxygens (including phenoxy) is 2. The van der Waals surface area contributed by atoms with Crippen molar-refractivity contribution in [2.24, 2.45) is 17.8 Å². The van der Waals surface area contributed by atoms with E-state index >= 15 is 0 Å². The van der Waals surface area contributed by atoms with Crippen LogP contribution in [0, 0.1) is 17.8 Å². The Morgan fingerprint density at radius 3 is 2.52 bits per heavy atom. The molecule has 2 bridgehead atoms. The van der Waals surface area contributed by atoms with Crippen molar-refractivity contribution in [3.63, 3.8) is 0 Å². The number of anilines is 1. The Bertz CT molecular complexity index is 1540. The molecule has 46 heavy (non-hydrogen) atoms. The van der Waals surface area contributed by atoms with Gasteiger partial charge >= 0.3 is 0 Å². The van der Waals surface area contributed by atoms with Crippen LogP contribution in [0.4, 0.5) is 5.69 Å². The first-order valence-electron chi connectivity index (χ1n) is 16.8. The van der Waals surface area contributed by atoms with E-state index in [1.807, 2.05) is 25.1 Å². The van der Waals surface area contributed by atoms with Crippen molar-refractivity contribution in [3.8, 4) is 5.75 Å². The number of halogens is 1. The summed E-state index contributed by atoms with van der Waals surface area (Å²) in [5, 5.41) is -0.126. The summed E-state index contributed by atoms with van der Waals surface area (Å²) < 4.78 is 41.5. The second kappa shape index (κ2) is 14.2. The van der Waals surface area contributed by atoms with Crippen molar-refractivity contribution < 1.29 is 27.5 Å². The fourth-order valence-electron chi connectivity index (χ4n) is 7.47. The van der Waals surface area contributed by atoms with Crippen LogP contribution >= 0.6 is 11.6 Å². The predicted octanol–water partition coefficient (Wildman–Crippen LogP) is 5.24. The SMILES string of the molecule is C[C@@H]1[C@@H](C)CC(N2CCOCC2)CC(=O)[C@@H]2CC[C@H]2CN2CCCCc3cc(Cl)ccc3COc3ccc(cc32)C(=O)NS1(=O)=O. The van der Waals surface area contributed by atoms with Crippen LogP contribution in [-0.4, -0.2) is 75.7 Å². The zero-order valence-electron chi connectivity index (χ0n) is 26.9. The van der Waals surface area contributed by atoms with Gasteiger partial charge in [0.15, 0.2) is 0 Å². The summed E-state index contributed by atoms with van der Waals surface area (Å²) in [5.74, 6) is 0.142. The first kappa shape index (κ1) is 33.2.